The van der Waals surface area contributed by atoms with Crippen molar-refractivity contribution in [3.8, 4) is 5.75 Å². The number of ether oxygens (including phenoxy) is 1. The summed E-state index contributed by atoms with van der Waals surface area (Å²) in [6.45, 7) is 5.46. The molecular formula is C16H16O4. The Hall–Kier alpha value is -2.36. The van der Waals surface area contributed by atoms with Gasteiger partial charge in [-0.25, -0.2) is 0 Å². The second-order valence-electron chi connectivity index (χ2n) is 4.57. The zero-order valence-corrected chi connectivity index (χ0v) is 11.7. The van der Waals surface area contributed by atoms with Gasteiger partial charge in [0.1, 0.15) is 5.75 Å². The van der Waals surface area contributed by atoms with E-state index in [1.165, 1.54) is 6.92 Å². The third-order valence-electron chi connectivity index (χ3n) is 3.23. The summed E-state index contributed by atoms with van der Waals surface area (Å²) in [6.07, 6.45) is 0. The van der Waals surface area contributed by atoms with E-state index in [2.05, 4.69) is 0 Å². The van der Waals surface area contributed by atoms with E-state index in [9.17, 15) is 14.7 Å². The number of rotatable bonds is 4. The lowest BCUT2D eigenvalue weighted by atomic mass is 9.99. The van der Waals surface area contributed by atoms with Gasteiger partial charge in [-0.2, -0.15) is 0 Å². The molecule has 1 aromatic rings. The van der Waals surface area contributed by atoms with Crippen molar-refractivity contribution in [2.45, 2.75) is 20.8 Å². The monoisotopic (exact) mass is 272 g/mol. The van der Waals surface area contributed by atoms with Crippen molar-refractivity contribution in [1.82, 2.24) is 0 Å². The Kier molecular flexibility index (Phi) is 3.74. The summed E-state index contributed by atoms with van der Waals surface area (Å²) < 4.78 is 5.34. The Labute approximate surface area is 117 Å². The first-order valence-electron chi connectivity index (χ1n) is 6.40. The van der Waals surface area contributed by atoms with Crippen molar-refractivity contribution in [2.75, 3.05) is 6.61 Å². The van der Waals surface area contributed by atoms with Crippen molar-refractivity contribution >= 4 is 17.1 Å². The van der Waals surface area contributed by atoms with Gasteiger partial charge in [0.25, 0.3) is 0 Å². The van der Waals surface area contributed by atoms with Gasteiger partial charge in [0, 0.05) is 5.57 Å². The van der Waals surface area contributed by atoms with Crippen LogP contribution in [0.3, 0.4) is 0 Å². The Morgan fingerprint density at radius 3 is 2.30 bits per heavy atom. The standard InChI is InChI=1S/C16H16O4/c1-4-20-12-7-5-11(6-8-12)14-9(2)13(10(3)17)15(18)16(14)19/h5-8H,4H2,1-3H3,(H,18,19). The Morgan fingerprint density at radius 2 is 1.85 bits per heavy atom. The molecule has 20 heavy (non-hydrogen) atoms. The van der Waals surface area contributed by atoms with Crippen LogP contribution in [0.4, 0.5) is 0 Å². The second-order valence-corrected chi connectivity index (χ2v) is 4.57. The zero-order chi connectivity index (χ0) is 14.9. The molecule has 1 N–H and O–H groups in total. The third-order valence-corrected chi connectivity index (χ3v) is 3.23. The first kappa shape index (κ1) is 14.1. The number of carbonyl (C=O) groups is 2. The molecule has 0 amide bonds. The van der Waals surface area contributed by atoms with E-state index in [4.69, 9.17) is 4.74 Å². The molecule has 0 radical (unpaired) electrons. The molecule has 0 aliphatic heterocycles. The van der Waals surface area contributed by atoms with Gasteiger partial charge in [-0.1, -0.05) is 12.1 Å². The lowest BCUT2D eigenvalue weighted by molar-refractivity contribution is -0.115. The molecule has 0 bridgehead atoms. The molecule has 104 valence electrons. The lowest BCUT2D eigenvalue weighted by Gasteiger charge is -2.06. The summed E-state index contributed by atoms with van der Waals surface area (Å²) in [5.41, 5.74) is 1.66. The fraction of sp³-hybridized carbons (Fsp3) is 0.250. The van der Waals surface area contributed by atoms with Gasteiger partial charge in [0.15, 0.2) is 11.5 Å². The Balaban J connectivity index is 2.43. The van der Waals surface area contributed by atoms with E-state index < -0.39 is 11.5 Å². The summed E-state index contributed by atoms with van der Waals surface area (Å²) in [5, 5.41) is 9.81. The minimum absolute atomic E-state index is 0.110. The van der Waals surface area contributed by atoms with E-state index >= 15 is 0 Å². The maximum absolute atomic E-state index is 12.1. The lowest BCUT2D eigenvalue weighted by Crippen LogP contribution is -2.03. The van der Waals surface area contributed by atoms with Gasteiger partial charge in [0.05, 0.1) is 12.2 Å². The second kappa shape index (κ2) is 5.33. The predicted molar refractivity (Wildman–Crippen MR) is 75.5 cm³/mol. The highest BCUT2D eigenvalue weighted by molar-refractivity contribution is 6.35. The fourth-order valence-corrected chi connectivity index (χ4v) is 2.37. The fourth-order valence-electron chi connectivity index (χ4n) is 2.37. The minimum atomic E-state index is -0.503. The summed E-state index contributed by atoms with van der Waals surface area (Å²) in [7, 11) is 0. The quantitative estimate of drug-likeness (QED) is 0.915. The largest absolute Gasteiger partial charge is 0.504 e. The average Bonchev–Trinajstić information content (AvgIpc) is 2.62. The molecule has 1 aliphatic rings. The van der Waals surface area contributed by atoms with Crippen molar-refractivity contribution in [3.63, 3.8) is 0 Å². The predicted octanol–water partition coefficient (Wildman–Crippen LogP) is 2.84. The van der Waals surface area contributed by atoms with E-state index in [0.717, 1.165) is 0 Å². The number of aliphatic hydroxyl groups excluding tert-OH is 1. The first-order chi connectivity index (χ1) is 9.47. The number of hydrogen-bond acceptors (Lipinski definition) is 4. The van der Waals surface area contributed by atoms with E-state index in [-0.39, 0.29) is 11.4 Å². The van der Waals surface area contributed by atoms with Crippen LogP contribution in [0.1, 0.15) is 26.3 Å². The maximum atomic E-state index is 12.1. The van der Waals surface area contributed by atoms with E-state index in [0.29, 0.717) is 29.1 Å². The van der Waals surface area contributed by atoms with Gasteiger partial charge in [-0.3, -0.25) is 9.59 Å². The SMILES string of the molecule is CCOc1ccc(C2=C(C)C(C(C)=O)=C(O)C2=O)cc1. The molecule has 1 aliphatic carbocycles. The van der Waals surface area contributed by atoms with Crippen molar-refractivity contribution in [3.05, 3.63) is 46.7 Å². The van der Waals surface area contributed by atoms with Crippen LogP contribution in [-0.2, 0) is 9.59 Å². The minimum Gasteiger partial charge on any atom is -0.504 e. The molecule has 0 aromatic heterocycles. The van der Waals surface area contributed by atoms with Crippen LogP contribution in [0.25, 0.3) is 5.57 Å². The summed E-state index contributed by atoms with van der Waals surface area (Å²) in [6, 6.07) is 7.01. The molecule has 4 heteroatoms. The Bertz CT molecular complexity index is 633. The van der Waals surface area contributed by atoms with Crippen molar-refractivity contribution < 1.29 is 19.4 Å². The number of ketones is 2. The van der Waals surface area contributed by atoms with Gasteiger partial charge in [-0.15, -0.1) is 0 Å². The smallest absolute Gasteiger partial charge is 0.228 e. The highest BCUT2D eigenvalue weighted by Gasteiger charge is 2.32. The maximum Gasteiger partial charge on any atom is 0.228 e. The summed E-state index contributed by atoms with van der Waals surface area (Å²) in [5.74, 6) is -0.561. The number of allylic oxidation sites excluding steroid dienone is 3. The molecule has 0 atom stereocenters. The molecular weight excluding hydrogens is 256 g/mol. The number of aliphatic hydroxyl groups is 1. The summed E-state index contributed by atoms with van der Waals surface area (Å²) in [4.78, 5) is 23.6. The molecule has 0 saturated heterocycles. The highest BCUT2D eigenvalue weighted by Crippen LogP contribution is 2.35. The Morgan fingerprint density at radius 1 is 1.25 bits per heavy atom. The van der Waals surface area contributed by atoms with Crippen LogP contribution in [-0.4, -0.2) is 23.3 Å². The molecule has 0 unspecified atom stereocenters. The van der Waals surface area contributed by atoms with Crippen LogP contribution >= 0.6 is 0 Å². The molecule has 0 heterocycles. The first-order valence-corrected chi connectivity index (χ1v) is 6.40. The van der Waals surface area contributed by atoms with Crippen molar-refractivity contribution in [1.29, 1.82) is 0 Å². The van der Waals surface area contributed by atoms with Crippen LogP contribution in [0.15, 0.2) is 41.2 Å². The molecule has 4 nitrogen and oxygen atoms in total. The van der Waals surface area contributed by atoms with E-state index in [1.807, 2.05) is 6.92 Å². The molecule has 1 aromatic carbocycles. The van der Waals surface area contributed by atoms with Gasteiger partial charge in [-0.05, 0) is 44.0 Å². The normalized spacial score (nSPS) is 15.1. The third kappa shape index (κ3) is 2.25. The van der Waals surface area contributed by atoms with Crippen LogP contribution in [0.2, 0.25) is 0 Å². The summed E-state index contributed by atoms with van der Waals surface area (Å²) >= 11 is 0. The molecule has 0 spiro atoms. The number of hydrogen-bond donors (Lipinski definition) is 1. The average molecular weight is 272 g/mol. The molecule has 0 saturated carbocycles. The van der Waals surface area contributed by atoms with Gasteiger partial charge < -0.3 is 9.84 Å². The van der Waals surface area contributed by atoms with Crippen LogP contribution in [0.5, 0.6) is 5.75 Å². The van der Waals surface area contributed by atoms with Gasteiger partial charge in [0.2, 0.25) is 5.78 Å². The van der Waals surface area contributed by atoms with Crippen LogP contribution < -0.4 is 4.74 Å². The topological polar surface area (TPSA) is 63.6 Å². The van der Waals surface area contributed by atoms with E-state index in [1.54, 1.807) is 31.2 Å². The van der Waals surface area contributed by atoms with Crippen molar-refractivity contribution in [2.24, 2.45) is 0 Å². The highest BCUT2D eigenvalue weighted by atomic mass is 16.5. The van der Waals surface area contributed by atoms with Gasteiger partial charge >= 0.3 is 0 Å². The molecule has 0 fully saturated rings. The number of benzene rings is 1. The zero-order valence-electron chi connectivity index (χ0n) is 11.7. The number of carbonyl (C=O) groups excluding carboxylic acids is 2. The van der Waals surface area contributed by atoms with Crippen LogP contribution in [0, 0.1) is 0 Å². The molecule has 2 rings (SSSR count). The number of Topliss-reactive ketones (excluding diaryl/α,β-unsaturated/α-hetero) is 2.